The van der Waals surface area contributed by atoms with Crippen LogP contribution in [0.3, 0.4) is 0 Å². The van der Waals surface area contributed by atoms with Crippen LogP contribution in [0.4, 0.5) is 14.5 Å². The number of nitrogens with one attached hydrogen (secondary N) is 1. The molecular formula is C13H14F2N2O. The van der Waals surface area contributed by atoms with Gasteiger partial charge in [-0.1, -0.05) is 13.8 Å². The van der Waals surface area contributed by atoms with Crippen LogP contribution in [0.25, 0.3) is 0 Å². The second-order valence-corrected chi connectivity index (χ2v) is 4.01. The molecule has 0 fully saturated rings. The predicted molar refractivity (Wildman–Crippen MR) is 63.6 cm³/mol. The van der Waals surface area contributed by atoms with Crippen LogP contribution in [0, 0.1) is 28.4 Å². The third kappa shape index (κ3) is 2.83. The predicted octanol–water partition coefficient (Wildman–Crippen LogP) is 3.23. The number of halogens is 2. The number of hydrogen-bond acceptors (Lipinski definition) is 2. The minimum Gasteiger partial charge on any atom is -0.324 e. The van der Waals surface area contributed by atoms with E-state index in [0.717, 1.165) is 12.1 Å². The van der Waals surface area contributed by atoms with E-state index in [1.54, 1.807) is 13.8 Å². The molecule has 0 aliphatic carbocycles. The standard InChI is InChI=1S/C13H14F2N2O/c1-3-13(4-2,8-16)12(18)17-11-6-9(14)5-10(15)7-11/h5-7H,3-4H2,1-2H3,(H,17,18). The molecule has 1 amide bonds. The zero-order chi connectivity index (χ0) is 13.8. The van der Waals surface area contributed by atoms with E-state index in [2.05, 4.69) is 5.32 Å². The maximum absolute atomic E-state index is 13.0. The lowest BCUT2D eigenvalue weighted by molar-refractivity contribution is -0.123. The Kier molecular flexibility index (Phi) is 4.38. The van der Waals surface area contributed by atoms with Gasteiger partial charge in [0.25, 0.3) is 0 Å². The van der Waals surface area contributed by atoms with E-state index in [4.69, 9.17) is 5.26 Å². The van der Waals surface area contributed by atoms with E-state index in [9.17, 15) is 13.6 Å². The number of amides is 1. The number of benzene rings is 1. The van der Waals surface area contributed by atoms with E-state index < -0.39 is 23.0 Å². The second-order valence-electron chi connectivity index (χ2n) is 4.01. The Labute approximate surface area is 104 Å². The van der Waals surface area contributed by atoms with Crippen molar-refractivity contribution in [2.75, 3.05) is 5.32 Å². The Bertz CT molecular complexity index is 470. The molecule has 96 valence electrons. The summed E-state index contributed by atoms with van der Waals surface area (Å²) in [5, 5.41) is 11.5. The largest absolute Gasteiger partial charge is 0.324 e. The number of hydrogen-bond donors (Lipinski definition) is 1. The summed E-state index contributed by atoms with van der Waals surface area (Å²) >= 11 is 0. The first-order valence-electron chi connectivity index (χ1n) is 5.66. The highest BCUT2D eigenvalue weighted by atomic mass is 19.1. The lowest BCUT2D eigenvalue weighted by atomic mass is 9.83. The smallest absolute Gasteiger partial charge is 0.244 e. The van der Waals surface area contributed by atoms with Crippen LogP contribution < -0.4 is 5.32 Å². The van der Waals surface area contributed by atoms with Crippen LogP contribution in [0.2, 0.25) is 0 Å². The van der Waals surface area contributed by atoms with E-state index in [1.165, 1.54) is 0 Å². The normalized spacial score (nSPS) is 10.8. The Morgan fingerprint density at radius 3 is 2.17 bits per heavy atom. The van der Waals surface area contributed by atoms with Gasteiger partial charge < -0.3 is 5.32 Å². The molecule has 0 saturated carbocycles. The summed E-state index contributed by atoms with van der Waals surface area (Å²) in [6.07, 6.45) is 0.674. The summed E-state index contributed by atoms with van der Waals surface area (Å²) in [6.45, 7) is 3.44. The molecule has 0 spiro atoms. The van der Waals surface area contributed by atoms with Gasteiger partial charge in [0, 0.05) is 11.8 Å². The molecule has 0 saturated heterocycles. The number of carbonyl (C=O) groups excluding carboxylic acids is 1. The SMILES string of the molecule is CCC(C#N)(CC)C(=O)Nc1cc(F)cc(F)c1. The second kappa shape index (κ2) is 5.58. The van der Waals surface area contributed by atoms with Crippen LogP contribution in [0.1, 0.15) is 26.7 Å². The summed E-state index contributed by atoms with van der Waals surface area (Å²) in [6, 6.07) is 4.70. The molecule has 3 nitrogen and oxygen atoms in total. The number of rotatable bonds is 4. The summed E-state index contributed by atoms with van der Waals surface area (Å²) in [4.78, 5) is 12.0. The molecule has 1 rings (SSSR count). The molecule has 1 aromatic rings. The van der Waals surface area contributed by atoms with Crippen molar-refractivity contribution in [3.8, 4) is 6.07 Å². The summed E-state index contributed by atoms with van der Waals surface area (Å²) in [5.74, 6) is -2.10. The van der Waals surface area contributed by atoms with Gasteiger partial charge in [0.15, 0.2) is 0 Å². The van der Waals surface area contributed by atoms with Crippen molar-refractivity contribution in [1.82, 2.24) is 0 Å². The molecule has 0 aromatic heterocycles. The lowest BCUT2D eigenvalue weighted by Gasteiger charge is -2.22. The Morgan fingerprint density at radius 2 is 1.78 bits per heavy atom. The van der Waals surface area contributed by atoms with E-state index >= 15 is 0 Å². The van der Waals surface area contributed by atoms with Crippen LogP contribution in [0.15, 0.2) is 18.2 Å². The highest BCUT2D eigenvalue weighted by Crippen LogP contribution is 2.27. The van der Waals surface area contributed by atoms with Gasteiger partial charge >= 0.3 is 0 Å². The van der Waals surface area contributed by atoms with Crippen molar-refractivity contribution in [3.63, 3.8) is 0 Å². The minimum atomic E-state index is -1.16. The van der Waals surface area contributed by atoms with Gasteiger partial charge in [-0.15, -0.1) is 0 Å². The lowest BCUT2D eigenvalue weighted by Crippen LogP contribution is -2.34. The van der Waals surface area contributed by atoms with Crippen molar-refractivity contribution >= 4 is 11.6 Å². The van der Waals surface area contributed by atoms with E-state index in [1.807, 2.05) is 6.07 Å². The highest BCUT2D eigenvalue weighted by molar-refractivity contribution is 5.97. The fraction of sp³-hybridized carbons (Fsp3) is 0.385. The van der Waals surface area contributed by atoms with Crippen molar-refractivity contribution in [2.45, 2.75) is 26.7 Å². The summed E-state index contributed by atoms with van der Waals surface area (Å²) < 4.78 is 25.9. The van der Waals surface area contributed by atoms with Gasteiger partial charge in [0.2, 0.25) is 5.91 Å². The molecule has 0 unspecified atom stereocenters. The molecule has 0 bridgehead atoms. The first-order chi connectivity index (χ1) is 8.47. The average molecular weight is 252 g/mol. The molecule has 0 aliphatic heterocycles. The van der Waals surface area contributed by atoms with Crippen molar-refractivity contribution < 1.29 is 13.6 Å². The molecule has 0 atom stereocenters. The van der Waals surface area contributed by atoms with Crippen LogP contribution in [-0.2, 0) is 4.79 Å². The van der Waals surface area contributed by atoms with Crippen molar-refractivity contribution in [1.29, 1.82) is 5.26 Å². The third-order valence-corrected chi connectivity index (χ3v) is 2.98. The van der Waals surface area contributed by atoms with Gasteiger partial charge in [0.05, 0.1) is 6.07 Å². The number of carbonyl (C=O) groups is 1. The van der Waals surface area contributed by atoms with Gasteiger partial charge in [-0.3, -0.25) is 4.79 Å². The maximum atomic E-state index is 13.0. The highest BCUT2D eigenvalue weighted by Gasteiger charge is 2.35. The summed E-state index contributed by atoms with van der Waals surface area (Å²) in [7, 11) is 0. The molecule has 0 aliphatic rings. The van der Waals surface area contributed by atoms with Gasteiger partial charge in [0.1, 0.15) is 17.0 Å². The molecular weight excluding hydrogens is 238 g/mol. The van der Waals surface area contributed by atoms with E-state index in [0.29, 0.717) is 18.9 Å². The Balaban J connectivity index is 2.97. The fourth-order valence-electron chi connectivity index (χ4n) is 1.66. The van der Waals surface area contributed by atoms with Crippen LogP contribution in [-0.4, -0.2) is 5.91 Å². The Hall–Kier alpha value is -1.96. The molecule has 0 heterocycles. The topological polar surface area (TPSA) is 52.9 Å². The quantitative estimate of drug-likeness (QED) is 0.894. The molecule has 0 radical (unpaired) electrons. The number of anilines is 1. The van der Waals surface area contributed by atoms with Crippen molar-refractivity contribution in [2.24, 2.45) is 5.41 Å². The first kappa shape index (κ1) is 14.1. The Morgan fingerprint density at radius 1 is 1.28 bits per heavy atom. The van der Waals surface area contributed by atoms with Gasteiger partial charge in [-0.05, 0) is 25.0 Å². The van der Waals surface area contributed by atoms with Gasteiger partial charge in [-0.2, -0.15) is 5.26 Å². The zero-order valence-corrected chi connectivity index (χ0v) is 10.3. The van der Waals surface area contributed by atoms with Crippen LogP contribution >= 0.6 is 0 Å². The zero-order valence-electron chi connectivity index (χ0n) is 10.3. The first-order valence-corrected chi connectivity index (χ1v) is 5.66. The molecule has 1 aromatic carbocycles. The van der Waals surface area contributed by atoms with Crippen molar-refractivity contribution in [3.05, 3.63) is 29.8 Å². The average Bonchev–Trinajstić information content (AvgIpc) is 2.30. The molecule has 18 heavy (non-hydrogen) atoms. The molecule has 1 N–H and O–H groups in total. The fourth-order valence-corrected chi connectivity index (χ4v) is 1.66. The van der Waals surface area contributed by atoms with E-state index in [-0.39, 0.29) is 5.69 Å². The number of nitrogens with zero attached hydrogens (tertiary/aromatic N) is 1. The van der Waals surface area contributed by atoms with Gasteiger partial charge in [-0.25, -0.2) is 8.78 Å². The summed E-state index contributed by atoms with van der Waals surface area (Å²) in [5.41, 5.74) is -1.15. The monoisotopic (exact) mass is 252 g/mol. The maximum Gasteiger partial charge on any atom is 0.244 e. The third-order valence-electron chi connectivity index (χ3n) is 2.98. The van der Waals surface area contributed by atoms with Crippen LogP contribution in [0.5, 0.6) is 0 Å². The molecule has 5 heteroatoms. The number of nitriles is 1. The minimum absolute atomic E-state index is 0.0130.